The van der Waals surface area contributed by atoms with Gasteiger partial charge in [0.2, 0.25) is 10.0 Å². The van der Waals surface area contributed by atoms with Crippen molar-refractivity contribution in [3.8, 4) is 0 Å². The first-order chi connectivity index (χ1) is 8.35. The first-order valence-corrected chi connectivity index (χ1v) is 7.33. The molecular weight excluding hydrogens is 254 g/mol. The molecule has 0 amide bonds. The van der Waals surface area contributed by atoms with E-state index in [1.165, 1.54) is 0 Å². The van der Waals surface area contributed by atoms with E-state index in [0.29, 0.717) is 24.0 Å². The van der Waals surface area contributed by atoms with Crippen molar-refractivity contribution >= 4 is 21.7 Å². The molecule has 0 unspecified atom stereocenters. The number of rotatable bonds is 6. The highest BCUT2D eigenvalue weighted by atomic mass is 32.2. The SMILES string of the molecule is CCNS(=O)(=O)CCNc1nc(C)nc(N)c1C. The van der Waals surface area contributed by atoms with E-state index in [9.17, 15) is 8.42 Å². The number of nitrogens with two attached hydrogens (primary N) is 1. The number of nitrogens with zero attached hydrogens (tertiary/aromatic N) is 2. The number of hydrogen-bond donors (Lipinski definition) is 3. The monoisotopic (exact) mass is 273 g/mol. The molecule has 102 valence electrons. The molecule has 1 rings (SSSR count). The van der Waals surface area contributed by atoms with Crippen LogP contribution in [0.15, 0.2) is 0 Å². The molecule has 4 N–H and O–H groups in total. The summed E-state index contributed by atoms with van der Waals surface area (Å²) in [6, 6.07) is 0. The average Bonchev–Trinajstić information content (AvgIpc) is 2.24. The number of aromatic nitrogens is 2. The van der Waals surface area contributed by atoms with Crippen LogP contribution < -0.4 is 15.8 Å². The molecule has 7 nitrogen and oxygen atoms in total. The molecule has 8 heteroatoms. The summed E-state index contributed by atoms with van der Waals surface area (Å²) in [5.74, 6) is 1.52. The van der Waals surface area contributed by atoms with E-state index in [2.05, 4.69) is 20.0 Å². The minimum atomic E-state index is -3.22. The Morgan fingerprint density at radius 1 is 1.28 bits per heavy atom. The molecule has 1 heterocycles. The zero-order valence-electron chi connectivity index (χ0n) is 10.8. The molecular formula is C10H19N5O2S. The molecule has 0 aliphatic rings. The Bertz CT molecular complexity index is 515. The molecule has 0 aromatic carbocycles. The molecule has 0 atom stereocenters. The fraction of sp³-hybridized carbons (Fsp3) is 0.600. The largest absolute Gasteiger partial charge is 0.383 e. The Morgan fingerprint density at radius 3 is 2.56 bits per heavy atom. The minimum Gasteiger partial charge on any atom is -0.383 e. The standard InChI is InChI=1S/C10H19N5O2S/c1-4-13-18(16,17)6-5-12-10-7(2)9(11)14-8(3)15-10/h13H,4-6H2,1-3H3,(H3,11,12,14,15). The van der Waals surface area contributed by atoms with Crippen LogP contribution in [0.3, 0.4) is 0 Å². The summed E-state index contributed by atoms with van der Waals surface area (Å²) in [4.78, 5) is 8.20. The molecule has 1 aromatic heterocycles. The highest BCUT2D eigenvalue weighted by Crippen LogP contribution is 2.16. The highest BCUT2D eigenvalue weighted by Gasteiger charge is 2.10. The van der Waals surface area contributed by atoms with Gasteiger partial charge in [0.15, 0.2) is 0 Å². The van der Waals surface area contributed by atoms with E-state index >= 15 is 0 Å². The third kappa shape index (κ3) is 4.11. The lowest BCUT2D eigenvalue weighted by Crippen LogP contribution is -2.29. The zero-order valence-corrected chi connectivity index (χ0v) is 11.6. The van der Waals surface area contributed by atoms with Gasteiger partial charge in [0.05, 0.1) is 5.75 Å². The topological polar surface area (TPSA) is 110 Å². The third-order valence-corrected chi connectivity index (χ3v) is 3.79. The summed E-state index contributed by atoms with van der Waals surface area (Å²) >= 11 is 0. The second-order valence-electron chi connectivity index (χ2n) is 3.87. The summed E-state index contributed by atoms with van der Waals surface area (Å²) in [5, 5.41) is 2.96. The maximum atomic E-state index is 11.4. The van der Waals surface area contributed by atoms with Crippen molar-refractivity contribution in [2.24, 2.45) is 0 Å². The lowest BCUT2D eigenvalue weighted by molar-refractivity contribution is 0.584. The smallest absolute Gasteiger partial charge is 0.213 e. The Hall–Kier alpha value is -1.41. The van der Waals surface area contributed by atoms with Gasteiger partial charge in [-0.3, -0.25) is 0 Å². The van der Waals surface area contributed by atoms with Crippen molar-refractivity contribution in [2.75, 3.05) is 29.9 Å². The molecule has 18 heavy (non-hydrogen) atoms. The molecule has 0 bridgehead atoms. The Labute approximate surface area is 107 Å². The zero-order chi connectivity index (χ0) is 13.8. The number of aryl methyl sites for hydroxylation is 1. The van der Waals surface area contributed by atoms with E-state index < -0.39 is 10.0 Å². The van der Waals surface area contributed by atoms with Crippen molar-refractivity contribution in [1.29, 1.82) is 0 Å². The maximum Gasteiger partial charge on any atom is 0.213 e. The van der Waals surface area contributed by atoms with Crippen molar-refractivity contribution in [3.05, 3.63) is 11.4 Å². The second-order valence-corrected chi connectivity index (χ2v) is 5.80. The Morgan fingerprint density at radius 2 is 1.94 bits per heavy atom. The van der Waals surface area contributed by atoms with Crippen LogP contribution in [-0.2, 0) is 10.0 Å². The molecule has 0 aliphatic heterocycles. The fourth-order valence-corrected chi connectivity index (χ4v) is 2.37. The number of nitrogens with one attached hydrogen (secondary N) is 2. The van der Waals surface area contributed by atoms with Gasteiger partial charge in [0.1, 0.15) is 17.5 Å². The molecule has 0 radical (unpaired) electrons. The Kier molecular flexibility index (Phi) is 4.85. The molecule has 0 aliphatic carbocycles. The van der Waals surface area contributed by atoms with E-state index in [4.69, 9.17) is 5.73 Å². The Balaban J connectivity index is 2.65. The summed E-state index contributed by atoms with van der Waals surface area (Å²) < 4.78 is 25.3. The van der Waals surface area contributed by atoms with Crippen molar-refractivity contribution in [2.45, 2.75) is 20.8 Å². The average molecular weight is 273 g/mol. The van der Waals surface area contributed by atoms with Crippen LogP contribution in [0.1, 0.15) is 18.3 Å². The fourth-order valence-electron chi connectivity index (χ4n) is 1.42. The van der Waals surface area contributed by atoms with E-state index in [-0.39, 0.29) is 12.3 Å². The lowest BCUT2D eigenvalue weighted by atomic mass is 10.3. The predicted molar refractivity (Wildman–Crippen MR) is 71.9 cm³/mol. The molecule has 1 aromatic rings. The van der Waals surface area contributed by atoms with Crippen molar-refractivity contribution in [1.82, 2.24) is 14.7 Å². The highest BCUT2D eigenvalue weighted by molar-refractivity contribution is 7.89. The van der Waals surface area contributed by atoms with Crippen molar-refractivity contribution < 1.29 is 8.42 Å². The van der Waals surface area contributed by atoms with Crippen LogP contribution in [0.2, 0.25) is 0 Å². The number of sulfonamides is 1. The first-order valence-electron chi connectivity index (χ1n) is 5.67. The van der Waals surface area contributed by atoms with E-state index in [0.717, 1.165) is 5.56 Å². The van der Waals surface area contributed by atoms with Crippen molar-refractivity contribution in [3.63, 3.8) is 0 Å². The van der Waals surface area contributed by atoms with Gasteiger partial charge in [-0.05, 0) is 13.8 Å². The first kappa shape index (κ1) is 14.7. The number of anilines is 2. The van der Waals surface area contributed by atoms with Gasteiger partial charge in [-0.2, -0.15) is 0 Å². The maximum absolute atomic E-state index is 11.4. The van der Waals surface area contributed by atoms with Crippen LogP contribution in [-0.4, -0.2) is 37.2 Å². The van der Waals surface area contributed by atoms with Gasteiger partial charge >= 0.3 is 0 Å². The molecule has 0 fully saturated rings. The number of nitrogen functional groups attached to an aromatic ring is 1. The van der Waals surface area contributed by atoms with Gasteiger partial charge in [-0.25, -0.2) is 23.1 Å². The van der Waals surface area contributed by atoms with Gasteiger partial charge in [0, 0.05) is 18.7 Å². The molecule has 0 saturated carbocycles. The third-order valence-electron chi connectivity index (χ3n) is 2.32. The number of hydrogen-bond acceptors (Lipinski definition) is 6. The molecule has 0 saturated heterocycles. The van der Waals surface area contributed by atoms with E-state index in [1.807, 2.05) is 0 Å². The van der Waals surface area contributed by atoms with Gasteiger partial charge in [-0.1, -0.05) is 6.92 Å². The van der Waals surface area contributed by atoms with Gasteiger partial charge in [0.25, 0.3) is 0 Å². The summed E-state index contributed by atoms with van der Waals surface area (Å²) in [5.41, 5.74) is 6.43. The van der Waals surface area contributed by atoms with Gasteiger partial charge in [-0.15, -0.1) is 0 Å². The van der Waals surface area contributed by atoms with Crippen LogP contribution in [0.4, 0.5) is 11.6 Å². The normalized spacial score (nSPS) is 11.5. The summed E-state index contributed by atoms with van der Waals surface area (Å²) in [6.45, 7) is 5.92. The molecule has 0 spiro atoms. The van der Waals surface area contributed by atoms with Crippen LogP contribution in [0.5, 0.6) is 0 Å². The van der Waals surface area contributed by atoms with Crippen LogP contribution in [0, 0.1) is 13.8 Å². The van der Waals surface area contributed by atoms with Crippen LogP contribution in [0.25, 0.3) is 0 Å². The van der Waals surface area contributed by atoms with E-state index in [1.54, 1.807) is 20.8 Å². The summed E-state index contributed by atoms with van der Waals surface area (Å²) in [7, 11) is -3.22. The lowest BCUT2D eigenvalue weighted by Gasteiger charge is -2.11. The van der Waals surface area contributed by atoms with Gasteiger partial charge < -0.3 is 11.1 Å². The quantitative estimate of drug-likeness (QED) is 0.674. The summed E-state index contributed by atoms with van der Waals surface area (Å²) in [6.07, 6.45) is 0. The second kappa shape index (κ2) is 5.96. The minimum absolute atomic E-state index is 0.0107. The van der Waals surface area contributed by atoms with Crippen LogP contribution >= 0.6 is 0 Å². The predicted octanol–water partition coefficient (Wildman–Crippen LogP) is 0.0268.